The van der Waals surface area contributed by atoms with Crippen molar-refractivity contribution in [1.29, 1.82) is 0 Å². The largest absolute Gasteiger partial charge is 0.340 e. The van der Waals surface area contributed by atoms with Crippen molar-refractivity contribution in [2.45, 2.75) is 25.9 Å². The second kappa shape index (κ2) is 5.46. The molecule has 0 spiro atoms. The summed E-state index contributed by atoms with van der Waals surface area (Å²) in [6.07, 6.45) is 4.10. The van der Waals surface area contributed by atoms with Gasteiger partial charge in [0, 0.05) is 26.0 Å². The van der Waals surface area contributed by atoms with E-state index >= 15 is 0 Å². The van der Waals surface area contributed by atoms with Gasteiger partial charge in [0.25, 0.3) is 0 Å². The summed E-state index contributed by atoms with van der Waals surface area (Å²) in [5.41, 5.74) is 6.73. The van der Waals surface area contributed by atoms with Crippen LogP contribution in [-0.4, -0.2) is 28.9 Å². The Kier molecular flexibility index (Phi) is 4.24. The molecular formula is C11H17N3O. The van der Waals surface area contributed by atoms with E-state index in [1.165, 1.54) is 0 Å². The van der Waals surface area contributed by atoms with E-state index in [9.17, 15) is 4.79 Å². The Bertz CT molecular complexity index is 313. The summed E-state index contributed by atoms with van der Waals surface area (Å²) < 4.78 is 0. The third-order valence-electron chi connectivity index (χ3n) is 2.30. The van der Waals surface area contributed by atoms with Crippen LogP contribution in [0, 0.1) is 0 Å². The molecule has 15 heavy (non-hydrogen) atoms. The fraction of sp³-hybridized carbons (Fsp3) is 0.455. The summed E-state index contributed by atoms with van der Waals surface area (Å²) in [6.45, 7) is 2.48. The first-order valence-electron chi connectivity index (χ1n) is 5.04. The third kappa shape index (κ3) is 3.32. The molecule has 82 valence electrons. The van der Waals surface area contributed by atoms with Crippen molar-refractivity contribution in [3.63, 3.8) is 0 Å². The van der Waals surface area contributed by atoms with Crippen LogP contribution >= 0.6 is 0 Å². The van der Waals surface area contributed by atoms with Crippen molar-refractivity contribution in [3.05, 3.63) is 30.1 Å². The maximum Gasteiger partial charge on any atom is 0.239 e. The summed E-state index contributed by atoms with van der Waals surface area (Å²) in [5.74, 6) is -0.0192. The molecule has 1 heterocycles. The Morgan fingerprint density at radius 2 is 2.13 bits per heavy atom. The number of nitrogens with two attached hydrogens (primary N) is 1. The standard InChI is InChI=1S/C11H17N3O/c1-3-10(12)11(15)14(2)8-9-4-6-13-7-5-9/h4-7,10H,3,8,12H2,1-2H3. The van der Waals surface area contributed by atoms with Crippen LogP contribution in [-0.2, 0) is 11.3 Å². The van der Waals surface area contributed by atoms with E-state index in [2.05, 4.69) is 4.98 Å². The van der Waals surface area contributed by atoms with Gasteiger partial charge in [-0.2, -0.15) is 0 Å². The SMILES string of the molecule is CCC(N)C(=O)N(C)Cc1ccncc1. The summed E-state index contributed by atoms with van der Waals surface area (Å²) in [4.78, 5) is 17.2. The minimum atomic E-state index is -0.392. The van der Waals surface area contributed by atoms with Gasteiger partial charge in [0.15, 0.2) is 0 Å². The summed E-state index contributed by atoms with van der Waals surface area (Å²) >= 11 is 0. The van der Waals surface area contributed by atoms with E-state index in [0.717, 1.165) is 5.56 Å². The Morgan fingerprint density at radius 3 is 2.67 bits per heavy atom. The lowest BCUT2D eigenvalue weighted by Gasteiger charge is -2.20. The lowest BCUT2D eigenvalue weighted by molar-refractivity contribution is -0.131. The molecule has 0 saturated carbocycles. The number of likely N-dealkylation sites (N-methyl/N-ethyl adjacent to an activating group) is 1. The number of rotatable bonds is 4. The van der Waals surface area contributed by atoms with E-state index in [4.69, 9.17) is 5.73 Å². The molecule has 1 aromatic rings. The van der Waals surface area contributed by atoms with Gasteiger partial charge in [-0.15, -0.1) is 0 Å². The van der Waals surface area contributed by atoms with Gasteiger partial charge < -0.3 is 10.6 Å². The van der Waals surface area contributed by atoms with Crippen molar-refractivity contribution in [2.24, 2.45) is 5.73 Å². The van der Waals surface area contributed by atoms with Crippen LogP contribution in [0.1, 0.15) is 18.9 Å². The normalized spacial score (nSPS) is 12.2. The molecule has 2 N–H and O–H groups in total. The Hall–Kier alpha value is -1.42. The van der Waals surface area contributed by atoms with Crippen LogP contribution < -0.4 is 5.73 Å². The molecule has 0 aliphatic rings. The van der Waals surface area contributed by atoms with Crippen LogP contribution in [0.4, 0.5) is 0 Å². The minimum absolute atomic E-state index is 0.0192. The monoisotopic (exact) mass is 207 g/mol. The Morgan fingerprint density at radius 1 is 1.53 bits per heavy atom. The second-order valence-electron chi connectivity index (χ2n) is 3.56. The molecule has 4 nitrogen and oxygen atoms in total. The number of hydrogen-bond donors (Lipinski definition) is 1. The lowest BCUT2D eigenvalue weighted by Crippen LogP contribution is -2.40. The van der Waals surface area contributed by atoms with Crippen molar-refractivity contribution in [1.82, 2.24) is 9.88 Å². The topological polar surface area (TPSA) is 59.2 Å². The molecule has 1 aromatic heterocycles. The first-order chi connectivity index (χ1) is 7.15. The van der Waals surface area contributed by atoms with Crippen molar-refractivity contribution in [2.75, 3.05) is 7.05 Å². The first kappa shape index (κ1) is 11.7. The molecular weight excluding hydrogens is 190 g/mol. The average molecular weight is 207 g/mol. The molecule has 1 amide bonds. The smallest absolute Gasteiger partial charge is 0.239 e. The molecule has 0 fully saturated rings. The number of amides is 1. The van der Waals surface area contributed by atoms with Crippen molar-refractivity contribution >= 4 is 5.91 Å². The van der Waals surface area contributed by atoms with Crippen LogP contribution in [0.5, 0.6) is 0 Å². The number of nitrogens with zero attached hydrogens (tertiary/aromatic N) is 2. The van der Waals surface area contributed by atoms with E-state index in [0.29, 0.717) is 13.0 Å². The highest BCUT2D eigenvalue weighted by Crippen LogP contribution is 2.03. The van der Waals surface area contributed by atoms with Gasteiger partial charge >= 0.3 is 0 Å². The van der Waals surface area contributed by atoms with Crippen LogP contribution in [0.25, 0.3) is 0 Å². The second-order valence-corrected chi connectivity index (χ2v) is 3.56. The van der Waals surface area contributed by atoms with E-state index in [1.807, 2.05) is 19.1 Å². The van der Waals surface area contributed by atoms with Crippen LogP contribution in [0.3, 0.4) is 0 Å². The molecule has 0 aliphatic carbocycles. The minimum Gasteiger partial charge on any atom is -0.340 e. The zero-order valence-corrected chi connectivity index (χ0v) is 9.18. The quantitative estimate of drug-likeness (QED) is 0.793. The summed E-state index contributed by atoms with van der Waals surface area (Å²) in [6, 6.07) is 3.39. The fourth-order valence-corrected chi connectivity index (χ4v) is 1.30. The molecule has 1 unspecified atom stereocenters. The average Bonchev–Trinajstić information content (AvgIpc) is 2.28. The third-order valence-corrected chi connectivity index (χ3v) is 2.30. The Labute approximate surface area is 90.1 Å². The predicted molar refractivity (Wildman–Crippen MR) is 59.0 cm³/mol. The maximum absolute atomic E-state index is 11.7. The van der Waals surface area contributed by atoms with Gasteiger partial charge in [0.2, 0.25) is 5.91 Å². The highest BCUT2D eigenvalue weighted by atomic mass is 16.2. The molecule has 1 atom stereocenters. The number of pyridine rings is 1. The van der Waals surface area contributed by atoms with Crippen LogP contribution in [0.2, 0.25) is 0 Å². The zero-order chi connectivity index (χ0) is 11.3. The Balaban J connectivity index is 2.56. The highest BCUT2D eigenvalue weighted by Gasteiger charge is 2.15. The van der Waals surface area contributed by atoms with Gasteiger partial charge in [-0.25, -0.2) is 0 Å². The molecule has 0 saturated heterocycles. The molecule has 1 rings (SSSR count). The van der Waals surface area contributed by atoms with E-state index in [-0.39, 0.29) is 5.91 Å². The molecule has 0 radical (unpaired) electrons. The fourth-order valence-electron chi connectivity index (χ4n) is 1.30. The molecule has 0 bridgehead atoms. The summed E-state index contributed by atoms with van der Waals surface area (Å²) in [7, 11) is 1.76. The van der Waals surface area contributed by atoms with E-state index < -0.39 is 6.04 Å². The molecule has 0 aliphatic heterocycles. The lowest BCUT2D eigenvalue weighted by atomic mass is 10.2. The number of carbonyl (C=O) groups excluding carboxylic acids is 1. The number of carbonyl (C=O) groups is 1. The van der Waals surface area contributed by atoms with E-state index in [1.54, 1.807) is 24.3 Å². The predicted octanol–water partition coefficient (Wildman–Crippen LogP) is 0.777. The number of hydrogen-bond acceptors (Lipinski definition) is 3. The molecule has 0 aromatic carbocycles. The number of aromatic nitrogens is 1. The van der Waals surface area contributed by atoms with Gasteiger partial charge in [-0.1, -0.05) is 6.92 Å². The van der Waals surface area contributed by atoms with Gasteiger partial charge in [-0.05, 0) is 24.1 Å². The highest BCUT2D eigenvalue weighted by molar-refractivity contribution is 5.81. The molecule has 4 heteroatoms. The van der Waals surface area contributed by atoms with Gasteiger partial charge in [0.1, 0.15) is 0 Å². The van der Waals surface area contributed by atoms with Crippen LogP contribution in [0.15, 0.2) is 24.5 Å². The van der Waals surface area contributed by atoms with Crippen molar-refractivity contribution in [3.8, 4) is 0 Å². The maximum atomic E-state index is 11.7. The first-order valence-corrected chi connectivity index (χ1v) is 5.04. The zero-order valence-electron chi connectivity index (χ0n) is 9.18. The summed E-state index contributed by atoms with van der Waals surface area (Å²) in [5, 5.41) is 0. The van der Waals surface area contributed by atoms with Gasteiger partial charge in [0.05, 0.1) is 6.04 Å². The van der Waals surface area contributed by atoms with Gasteiger partial charge in [-0.3, -0.25) is 9.78 Å². The van der Waals surface area contributed by atoms with Crippen molar-refractivity contribution < 1.29 is 4.79 Å².